The van der Waals surface area contributed by atoms with Crippen molar-refractivity contribution < 1.29 is 13.6 Å². The first-order valence-electron chi connectivity index (χ1n) is 8.13. The van der Waals surface area contributed by atoms with Gasteiger partial charge < -0.3 is 8.83 Å². The molecule has 140 valence electrons. The maximum absolute atomic E-state index is 12.2. The first-order chi connectivity index (χ1) is 13.6. The van der Waals surface area contributed by atoms with Crippen LogP contribution in [-0.4, -0.2) is 12.1 Å². The quantitative estimate of drug-likeness (QED) is 0.269. The molecule has 0 aliphatic rings. The second-order valence-electron chi connectivity index (χ2n) is 5.69. The molecule has 0 aliphatic carbocycles. The van der Waals surface area contributed by atoms with Gasteiger partial charge in [0, 0.05) is 21.4 Å². The number of carbonyl (C=O) groups excluding carboxylic acids is 1. The lowest BCUT2D eigenvalue weighted by atomic mass is 10.2. The van der Waals surface area contributed by atoms with Gasteiger partial charge in [-0.05, 0) is 52.3 Å². The van der Waals surface area contributed by atoms with Crippen molar-refractivity contribution in [3.05, 3.63) is 81.7 Å². The third-order valence-electron chi connectivity index (χ3n) is 3.69. The molecule has 4 aromatic rings. The van der Waals surface area contributed by atoms with Crippen LogP contribution in [0, 0.1) is 0 Å². The molecular weight excluding hydrogens is 464 g/mol. The van der Waals surface area contributed by atoms with Gasteiger partial charge in [0.15, 0.2) is 10.9 Å². The third kappa shape index (κ3) is 4.32. The van der Waals surface area contributed by atoms with Crippen LogP contribution in [0.1, 0.15) is 16.3 Å². The van der Waals surface area contributed by atoms with Crippen LogP contribution in [0.25, 0.3) is 11.0 Å². The number of hydrogen-bond donors (Lipinski definition) is 1. The maximum Gasteiger partial charge on any atom is 0.307 e. The Morgan fingerprint density at radius 1 is 1.11 bits per heavy atom. The Kier molecular flexibility index (Phi) is 5.57. The first kappa shape index (κ1) is 18.9. The molecule has 2 heterocycles. The lowest BCUT2D eigenvalue weighted by Crippen LogP contribution is -2.16. The SMILES string of the molecule is O=C(N/N=C/c1cc(Br)c(Sc2ccccc2)o1)c1cc2cc(Cl)ccc2o1. The second kappa shape index (κ2) is 8.26. The Morgan fingerprint density at radius 2 is 1.93 bits per heavy atom. The van der Waals surface area contributed by atoms with Crippen molar-refractivity contribution in [3.8, 4) is 0 Å². The smallest absolute Gasteiger partial charge is 0.307 e. The number of furan rings is 2. The Bertz CT molecular complexity index is 1170. The molecule has 0 fully saturated rings. The number of nitrogens with one attached hydrogen (secondary N) is 1. The summed E-state index contributed by atoms with van der Waals surface area (Å²) in [4.78, 5) is 13.3. The Morgan fingerprint density at radius 3 is 2.75 bits per heavy atom. The molecule has 0 atom stereocenters. The molecule has 1 amide bonds. The molecule has 1 N–H and O–H groups in total. The predicted octanol–water partition coefficient (Wildman–Crippen LogP) is 6.36. The van der Waals surface area contributed by atoms with Gasteiger partial charge in [-0.15, -0.1) is 0 Å². The van der Waals surface area contributed by atoms with E-state index < -0.39 is 5.91 Å². The zero-order valence-electron chi connectivity index (χ0n) is 14.2. The number of halogens is 2. The van der Waals surface area contributed by atoms with Gasteiger partial charge in [-0.2, -0.15) is 5.10 Å². The van der Waals surface area contributed by atoms with Crippen LogP contribution in [0.2, 0.25) is 5.02 Å². The number of carbonyl (C=O) groups is 1. The van der Waals surface area contributed by atoms with E-state index in [0.717, 1.165) is 14.8 Å². The molecule has 2 aromatic heterocycles. The number of nitrogens with zero attached hydrogens (tertiary/aromatic N) is 1. The summed E-state index contributed by atoms with van der Waals surface area (Å²) in [7, 11) is 0. The summed E-state index contributed by atoms with van der Waals surface area (Å²) in [6.45, 7) is 0. The monoisotopic (exact) mass is 474 g/mol. The summed E-state index contributed by atoms with van der Waals surface area (Å²) in [5.74, 6) is 0.186. The average Bonchev–Trinajstić information content (AvgIpc) is 3.25. The van der Waals surface area contributed by atoms with Gasteiger partial charge in [0.2, 0.25) is 0 Å². The fraction of sp³-hybridized carbons (Fsp3) is 0. The normalized spacial score (nSPS) is 11.4. The van der Waals surface area contributed by atoms with E-state index in [2.05, 4.69) is 26.5 Å². The fourth-order valence-electron chi connectivity index (χ4n) is 2.43. The number of fused-ring (bicyclic) bond motifs is 1. The summed E-state index contributed by atoms with van der Waals surface area (Å²) < 4.78 is 12.1. The van der Waals surface area contributed by atoms with Crippen molar-refractivity contribution in [1.82, 2.24) is 5.43 Å². The highest BCUT2D eigenvalue weighted by Gasteiger charge is 2.13. The minimum Gasteiger partial charge on any atom is -0.451 e. The van der Waals surface area contributed by atoms with Gasteiger partial charge in [-0.25, -0.2) is 5.43 Å². The van der Waals surface area contributed by atoms with Crippen LogP contribution in [0.3, 0.4) is 0 Å². The Labute approximate surface area is 177 Å². The van der Waals surface area contributed by atoms with E-state index in [1.807, 2.05) is 30.3 Å². The molecule has 8 heteroatoms. The van der Waals surface area contributed by atoms with Gasteiger partial charge in [0.05, 0.1) is 10.7 Å². The largest absolute Gasteiger partial charge is 0.451 e. The minimum absolute atomic E-state index is 0.148. The predicted molar refractivity (Wildman–Crippen MR) is 113 cm³/mol. The van der Waals surface area contributed by atoms with E-state index in [1.165, 1.54) is 18.0 Å². The number of hydrogen-bond acceptors (Lipinski definition) is 5. The summed E-state index contributed by atoms with van der Waals surface area (Å²) >= 11 is 10.9. The van der Waals surface area contributed by atoms with Gasteiger partial charge >= 0.3 is 5.91 Å². The highest BCUT2D eigenvalue weighted by molar-refractivity contribution is 9.10. The van der Waals surface area contributed by atoms with Gasteiger partial charge in [-0.1, -0.05) is 41.6 Å². The molecule has 28 heavy (non-hydrogen) atoms. The third-order valence-corrected chi connectivity index (χ3v) is 5.77. The Balaban J connectivity index is 1.42. The van der Waals surface area contributed by atoms with E-state index in [4.69, 9.17) is 20.4 Å². The first-order valence-corrected chi connectivity index (χ1v) is 10.1. The van der Waals surface area contributed by atoms with Crippen molar-refractivity contribution in [1.29, 1.82) is 0 Å². The fourth-order valence-corrected chi connectivity index (χ4v) is 3.97. The standard InChI is InChI=1S/C20H12BrClN2O3S/c21-16-10-14(26-20(16)28-15-4-2-1-3-5-15)11-23-24-19(25)18-9-12-8-13(22)6-7-17(12)27-18/h1-11H,(H,24,25)/b23-11+. The highest BCUT2D eigenvalue weighted by atomic mass is 79.9. The van der Waals surface area contributed by atoms with Crippen molar-refractivity contribution in [2.24, 2.45) is 5.10 Å². The van der Waals surface area contributed by atoms with E-state index >= 15 is 0 Å². The number of amides is 1. The molecule has 5 nitrogen and oxygen atoms in total. The summed E-state index contributed by atoms with van der Waals surface area (Å²) in [5.41, 5.74) is 3.00. The number of rotatable bonds is 5. The number of hydrazone groups is 1. The highest BCUT2D eigenvalue weighted by Crippen LogP contribution is 2.35. The molecule has 2 aromatic carbocycles. The average molecular weight is 476 g/mol. The summed E-state index contributed by atoms with van der Waals surface area (Å²) in [5, 5.41) is 5.96. The zero-order valence-corrected chi connectivity index (χ0v) is 17.3. The molecular formula is C20H12BrClN2O3S. The van der Waals surface area contributed by atoms with Crippen LogP contribution in [0.5, 0.6) is 0 Å². The van der Waals surface area contributed by atoms with Gasteiger partial charge in [0.25, 0.3) is 0 Å². The van der Waals surface area contributed by atoms with Crippen molar-refractivity contribution in [2.75, 3.05) is 0 Å². The maximum atomic E-state index is 12.2. The minimum atomic E-state index is -0.465. The van der Waals surface area contributed by atoms with Crippen molar-refractivity contribution in [2.45, 2.75) is 9.99 Å². The van der Waals surface area contributed by atoms with E-state index in [1.54, 1.807) is 30.3 Å². The van der Waals surface area contributed by atoms with Crippen LogP contribution in [-0.2, 0) is 0 Å². The number of benzene rings is 2. The lowest BCUT2D eigenvalue weighted by Gasteiger charge is -1.97. The summed E-state index contributed by atoms with van der Waals surface area (Å²) in [6, 6.07) is 18.4. The second-order valence-corrected chi connectivity index (χ2v) is 8.03. The molecule has 0 radical (unpaired) electrons. The van der Waals surface area contributed by atoms with Gasteiger partial charge in [-0.3, -0.25) is 4.79 Å². The molecule has 0 unspecified atom stereocenters. The topological polar surface area (TPSA) is 67.7 Å². The molecule has 0 bridgehead atoms. The summed E-state index contributed by atoms with van der Waals surface area (Å²) in [6.07, 6.45) is 1.43. The van der Waals surface area contributed by atoms with E-state index in [-0.39, 0.29) is 5.76 Å². The van der Waals surface area contributed by atoms with E-state index in [9.17, 15) is 4.79 Å². The van der Waals surface area contributed by atoms with Crippen LogP contribution in [0.4, 0.5) is 0 Å². The van der Waals surface area contributed by atoms with Crippen LogP contribution in [0.15, 0.2) is 89.1 Å². The molecule has 0 saturated carbocycles. The van der Waals surface area contributed by atoms with E-state index in [0.29, 0.717) is 21.5 Å². The van der Waals surface area contributed by atoms with Crippen LogP contribution >= 0.6 is 39.3 Å². The molecule has 4 rings (SSSR count). The van der Waals surface area contributed by atoms with Crippen LogP contribution < -0.4 is 5.43 Å². The molecule has 0 saturated heterocycles. The van der Waals surface area contributed by atoms with Crippen molar-refractivity contribution >= 4 is 62.4 Å². The molecule has 0 spiro atoms. The molecule has 0 aliphatic heterocycles. The van der Waals surface area contributed by atoms with Gasteiger partial charge in [0.1, 0.15) is 11.3 Å². The van der Waals surface area contributed by atoms with Crippen molar-refractivity contribution in [3.63, 3.8) is 0 Å². The zero-order chi connectivity index (χ0) is 19.5. The Hall–Kier alpha value is -2.48. The lowest BCUT2D eigenvalue weighted by molar-refractivity contribution is 0.0929.